The highest BCUT2D eigenvalue weighted by molar-refractivity contribution is 7.09. The minimum absolute atomic E-state index is 0.833. The van der Waals surface area contributed by atoms with Crippen LogP contribution in [-0.2, 0) is 13.1 Å². The molecule has 1 N–H and O–H groups in total. The van der Waals surface area contributed by atoms with Crippen molar-refractivity contribution in [2.75, 3.05) is 0 Å². The van der Waals surface area contributed by atoms with Gasteiger partial charge in [0.2, 0.25) is 0 Å². The maximum atomic E-state index is 4.21. The van der Waals surface area contributed by atoms with Gasteiger partial charge in [0, 0.05) is 37.1 Å². The normalized spacial score (nSPS) is 10.5. The highest BCUT2D eigenvalue weighted by Crippen LogP contribution is 2.06. The van der Waals surface area contributed by atoms with Crippen LogP contribution in [-0.4, -0.2) is 9.97 Å². The molecule has 4 heteroatoms. The summed E-state index contributed by atoms with van der Waals surface area (Å²) in [6.07, 6.45) is 5.55. The molecule has 15 heavy (non-hydrogen) atoms. The predicted molar refractivity (Wildman–Crippen MR) is 61.6 cm³/mol. The van der Waals surface area contributed by atoms with E-state index >= 15 is 0 Å². The summed E-state index contributed by atoms with van der Waals surface area (Å²) in [4.78, 5) is 8.28. The number of nitrogens with one attached hydrogen (secondary N) is 1. The van der Waals surface area contributed by atoms with Gasteiger partial charge in [-0.05, 0) is 24.1 Å². The Kier molecular flexibility index (Phi) is 3.42. The third kappa shape index (κ3) is 2.84. The zero-order valence-corrected chi connectivity index (χ0v) is 9.42. The van der Waals surface area contributed by atoms with Crippen LogP contribution in [0.15, 0.2) is 30.0 Å². The third-order valence-electron chi connectivity index (χ3n) is 2.21. The Hall–Kier alpha value is -1.26. The molecule has 0 aliphatic carbocycles. The van der Waals surface area contributed by atoms with Crippen LogP contribution in [0, 0.1) is 6.92 Å². The van der Waals surface area contributed by atoms with Crippen LogP contribution >= 0.6 is 11.3 Å². The van der Waals surface area contributed by atoms with Gasteiger partial charge in [-0.1, -0.05) is 0 Å². The molecule has 2 aromatic rings. The van der Waals surface area contributed by atoms with Gasteiger partial charge in [-0.15, -0.1) is 11.3 Å². The SMILES string of the molecule is Cc1cnccc1CNCc1nccs1. The fourth-order valence-corrected chi connectivity index (χ4v) is 1.93. The molecule has 0 saturated carbocycles. The van der Waals surface area contributed by atoms with Crippen molar-refractivity contribution in [2.24, 2.45) is 0 Å². The van der Waals surface area contributed by atoms with Crippen molar-refractivity contribution in [1.82, 2.24) is 15.3 Å². The van der Waals surface area contributed by atoms with Crippen LogP contribution in [0.3, 0.4) is 0 Å². The number of aryl methyl sites for hydroxylation is 1. The molecule has 0 radical (unpaired) electrons. The van der Waals surface area contributed by atoms with Crippen molar-refractivity contribution in [1.29, 1.82) is 0 Å². The van der Waals surface area contributed by atoms with Gasteiger partial charge >= 0.3 is 0 Å². The highest BCUT2D eigenvalue weighted by atomic mass is 32.1. The summed E-state index contributed by atoms with van der Waals surface area (Å²) < 4.78 is 0. The van der Waals surface area contributed by atoms with Gasteiger partial charge in [-0.2, -0.15) is 0 Å². The summed E-state index contributed by atoms with van der Waals surface area (Å²) in [7, 11) is 0. The first-order valence-electron chi connectivity index (χ1n) is 4.85. The van der Waals surface area contributed by atoms with Gasteiger partial charge in [0.25, 0.3) is 0 Å². The molecule has 2 heterocycles. The predicted octanol–water partition coefficient (Wildman–Crippen LogP) is 2.14. The second kappa shape index (κ2) is 5.00. The summed E-state index contributed by atoms with van der Waals surface area (Å²) in [6.45, 7) is 3.78. The van der Waals surface area contributed by atoms with Gasteiger partial charge in [0.05, 0.1) is 0 Å². The van der Waals surface area contributed by atoms with Crippen LogP contribution in [0.1, 0.15) is 16.1 Å². The Bertz CT molecular complexity index is 412. The van der Waals surface area contributed by atoms with E-state index in [1.54, 1.807) is 11.3 Å². The molecule has 0 bridgehead atoms. The minimum Gasteiger partial charge on any atom is -0.306 e. The molecule has 2 aromatic heterocycles. The van der Waals surface area contributed by atoms with Gasteiger partial charge in [0.15, 0.2) is 0 Å². The maximum Gasteiger partial charge on any atom is 0.106 e. The lowest BCUT2D eigenvalue weighted by Crippen LogP contribution is -2.13. The van der Waals surface area contributed by atoms with Crippen LogP contribution < -0.4 is 5.32 Å². The fraction of sp³-hybridized carbons (Fsp3) is 0.273. The first-order chi connectivity index (χ1) is 7.36. The van der Waals surface area contributed by atoms with Crippen LogP contribution in [0.2, 0.25) is 0 Å². The number of aromatic nitrogens is 2. The van der Waals surface area contributed by atoms with Crippen molar-refractivity contribution >= 4 is 11.3 Å². The minimum atomic E-state index is 0.833. The molecule has 0 aliphatic rings. The Labute approximate surface area is 93.2 Å². The number of nitrogens with zero attached hydrogens (tertiary/aromatic N) is 2. The maximum absolute atomic E-state index is 4.21. The number of pyridine rings is 1. The first-order valence-corrected chi connectivity index (χ1v) is 5.73. The van der Waals surface area contributed by atoms with Crippen LogP contribution in [0.4, 0.5) is 0 Å². The number of hydrogen-bond acceptors (Lipinski definition) is 4. The van der Waals surface area contributed by atoms with E-state index in [9.17, 15) is 0 Å². The molecular weight excluding hydrogens is 206 g/mol. The van der Waals surface area contributed by atoms with Gasteiger partial charge in [-0.25, -0.2) is 4.98 Å². The first kappa shape index (κ1) is 10.3. The second-order valence-electron chi connectivity index (χ2n) is 3.33. The molecule has 0 saturated heterocycles. The van der Waals surface area contributed by atoms with E-state index in [2.05, 4.69) is 22.2 Å². The smallest absolute Gasteiger partial charge is 0.106 e. The fourth-order valence-electron chi connectivity index (χ4n) is 1.34. The largest absolute Gasteiger partial charge is 0.306 e. The average molecular weight is 219 g/mol. The summed E-state index contributed by atoms with van der Waals surface area (Å²) in [6, 6.07) is 2.05. The quantitative estimate of drug-likeness (QED) is 0.856. The van der Waals surface area contributed by atoms with Crippen LogP contribution in [0.5, 0.6) is 0 Å². The highest BCUT2D eigenvalue weighted by Gasteiger charge is 1.98. The number of rotatable bonds is 4. The van der Waals surface area contributed by atoms with Crippen molar-refractivity contribution in [3.8, 4) is 0 Å². The van der Waals surface area contributed by atoms with E-state index in [0.29, 0.717) is 0 Å². The van der Waals surface area contributed by atoms with E-state index in [1.165, 1.54) is 11.1 Å². The van der Waals surface area contributed by atoms with Crippen LogP contribution in [0.25, 0.3) is 0 Å². The second-order valence-corrected chi connectivity index (χ2v) is 4.31. The molecule has 0 aromatic carbocycles. The molecule has 0 atom stereocenters. The lowest BCUT2D eigenvalue weighted by atomic mass is 10.1. The van der Waals surface area contributed by atoms with E-state index in [-0.39, 0.29) is 0 Å². The van der Waals surface area contributed by atoms with Crippen molar-refractivity contribution in [3.63, 3.8) is 0 Å². The zero-order chi connectivity index (χ0) is 10.5. The molecular formula is C11H13N3S. The lowest BCUT2D eigenvalue weighted by Gasteiger charge is -2.05. The molecule has 0 aliphatic heterocycles. The molecule has 78 valence electrons. The third-order valence-corrected chi connectivity index (χ3v) is 2.99. The summed E-state index contributed by atoms with van der Waals surface area (Å²) in [5, 5.41) is 6.49. The van der Waals surface area contributed by atoms with Gasteiger partial charge in [0.1, 0.15) is 5.01 Å². The molecule has 0 spiro atoms. The number of thiazole rings is 1. The Balaban J connectivity index is 1.86. The molecule has 2 rings (SSSR count). The standard InChI is InChI=1S/C11H13N3S/c1-9-6-12-3-2-10(9)7-13-8-11-14-4-5-15-11/h2-6,13H,7-8H2,1H3. The van der Waals surface area contributed by atoms with E-state index < -0.39 is 0 Å². The lowest BCUT2D eigenvalue weighted by molar-refractivity contribution is 0.686. The van der Waals surface area contributed by atoms with E-state index in [4.69, 9.17) is 0 Å². The Morgan fingerprint density at radius 3 is 3.00 bits per heavy atom. The van der Waals surface area contributed by atoms with Crippen molar-refractivity contribution in [3.05, 3.63) is 46.2 Å². The molecule has 0 amide bonds. The molecule has 0 unspecified atom stereocenters. The topological polar surface area (TPSA) is 37.8 Å². The zero-order valence-electron chi connectivity index (χ0n) is 8.60. The van der Waals surface area contributed by atoms with E-state index in [0.717, 1.165) is 18.1 Å². The average Bonchev–Trinajstić information content (AvgIpc) is 2.74. The van der Waals surface area contributed by atoms with Crippen molar-refractivity contribution < 1.29 is 0 Å². The summed E-state index contributed by atoms with van der Waals surface area (Å²) in [5.41, 5.74) is 2.52. The summed E-state index contributed by atoms with van der Waals surface area (Å²) in [5.74, 6) is 0. The molecule has 0 fully saturated rings. The van der Waals surface area contributed by atoms with Gasteiger partial charge in [-0.3, -0.25) is 4.98 Å². The van der Waals surface area contributed by atoms with Crippen molar-refractivity contribution in [2.45, 2.75) is 20.0 Å². The van der Waals surface area contributed by atoms with Gasteiger partial charge < -0.3 is 5.32 Å². The number of hydrogen-bond donors (Lipinski definition) is 1. The molecule has 3 nitrogen and oxygen atoms in total. The summed E-state index contributed by atoms with van der Waals surface area (Å²) >= 11 is 1.68. The van der Waals surface area contributed by atoms with E-state index in [1.807, 2.05) is 30.0 Å². The Morgan fingerprint density at radius 1 is 1.33 bits per heavy atom. The monoisotopic (exact) mass is 219 g/mol. The Morgan fingerprint density at radius 2 is 2.27 bits per heavy atom.